The van der Waals surface area contributed by atoms with E-state index < -0.39 is 0 Å². The lowest BCUT2D eigenvalue weighted by molar-refractivity contribution is -0.120. The van der Waals surface area contributed by atoms with Gasteiger partial charge in [-0.3, -0.25) is 4.79 Å². The summed E-state index contributed by atoms with van der Waals surface area (Å²) in [5, 5.41) is 3.50. The van der Waals surface area contributed by atoms with E-state index in [1.165, 1.54) is 0 Å². The van der Waals surface area contributed by atoms with Gasteiger partial charge in [0.1, 0.15) is 6.61 Å². The van der Waals surface area contributed by atoms with Crippen molar-refractivity contribution in [2.24, 2.45) is 0 Å². The first-order valence-electron chi connectivity index (χ1n) is 7.20. The zero-order valence-corrected chi connectivity index (χ0v) is 13.3. The Morgan fingerprint density at radius 2 is 2.05 bits per heavy atom. The van der Waals surface area contributed by atoms with Gasteiger partial charge in [-0.2, -0.15) is 0 Å². The molecule has 6 heteroatoms. The number of halogens is 1. The van der Waals surface area contributed by atoms with Crippen LogP contribution in [0, 0.1) is 0 Å². The summed E-state index contributed by atoms with van der Waals surface area (Å²) >= 11 is 6.06. The Labute approximate surface area is 130 Å². The Hall–Kier alpha value is -1.30. The lowest BCUT2D eigenvalue weighted by Crippen LogP contribution is -2.44. The van der Waals surface area contributed by atoms with E-state index in [2.05, 4.69) is 22.2 Å². The van der Waals surface area contributed by atoms with Gasteiger partial charge in [-0.05, 0) is 32.2 Å². The third kappa shape index (κ3) is 4.59. The van der Waals surface area contributed by atoms with Gasteiger partial charge in [0.15, 0.2) is 0 Å². The molecule has 1 aliphatic rings. The molecule has 0 atom stereocenters. The molecule has 0 aliphatic carbocycles. The zero-order chi connectivity index (χ0) is 15.2. The number of anilines is 2. The Bertz CT molecular complexity index is 488. The third-order valence-corrected chi connectivity index (χ3v) is 3.75. The highest BCUT2D eigenvalue weighted by molar-refractivity contribution is 6.31. The van der Waals surface area contributed by atoms with Crippen LogP contribution in [0.25, 0.3) is 0 Å². The van der Waals surface area contributed by atoms with Crippen molar-refractivity contribution in [2.75, 3.05) is 56.7 Å². The van der Waals surface area contributed by atoms with Crippen LogP contribution in [0.5, 0.6) is 0 Å². The molecule has 1 fully saturated rings. The van der Waals surface area contributed by atoms with Gasteiger partial charge in [0.05, 0.1) is 11.4 Å². The first-order valence-corrected chi connectivity index (χ1v) is 7.58. The van der Waals surface area contributed by atoms with E-state index in [0.29, 0.717) is 11.6 Å². The fourth-order valence-electron chi connectivity index (χ4n) is 2.31. The van der Waals surface area contributed by atoms with E-state index in [0.717, 1.165) is 37.6 Å². The minimum atomic E-state index is -0.158. The standard InChI is InChI=1S/C15H22ClN3O2/c1-3-21-11-15(20)17-13-10-12(16)4-5-14(13)19-8-6-18(2)7-9-19/h4-5,10H,3,6-9,11H2,1-2H3,(H,17,20). The van der Waals surface area contributed by atoms with Gasteiger partial charge in [0.2, 0.25) is 5.91 Å². The summed E-state index contributed by atoms with van der Waals surface area (Å²) in [6.45, 7) is 6.34. The molecular formula is C15H22ClN3O2. The minimum absolute atomic E-state index is 0.0607. The topological polar surface area (TPSA) is 44.8 Å². The van der Waals surface area contributed by atoms with Crippen molar-refractivity contribution < 1.29 is 9.53 Å². The maximum atomic E-state index is 11.9. The van der Waals surface area contributed by atoms with Gasteiger partial charge in [-0.15, -0.1) is 0 Å². The number of rotatable bonds is 5. The molecule has 2 rings (SSSR count). The van der Waals surface area contributed by atoms with Crippen LogP contribution in [0.2, 0.25) is 5.02 Å². The Morgan fingerprint density at radius 1 is 1.33 bits per heavy atom. The van der Waals surface area contributed by atoms with Crippen molar-refractivity contribution in [3.63, 3.8) is 0 Å². The molecule has 1 heterocycles. The number of nitrogens with one attached hydrogen (secondary N) is 1. The largest absolute Gasteiger partial charge is 0.372 e. The number of carbonyl (C=O) groups is 1. The molecule has 1 aromatic carbocycles. The molecule has 0 saturated carbocycles. The van der Waals surface area contributed by atoms with Gasteiger partial charge < -0.3 is 19.9 Å². The maximum Gasteiger partial charge on any atom is 0.250 e. The molecule has 1 saturated heterocycles. The van der Waals surface area contributed by atoms with Crippen LogP contribution in [-0.2, 0) is 9.53 Å². The highest BCUT2D eigenvalue weighted by atomic mass is 35.5. The van der Waals surface area contributed by atoms with Crippen molar-refractivity contribution in [3.8, 4) is 0 Å². The number of piperazine rings is 1. The molecule has 0 spiro atoms. The van der Waals surface area contributed by atoms with Crippen LogP contribution in [0.3, 0.4) is 0 Å². The fraction of sp³-hybridized carbons (Fsp3) is 0.533. The first-order chi connectivity index (χ1) is 10.1. The number of amides is 1. The van der Waals surface area contributed by atoms with E-state index >= 15 is 0 Å². The predicted molar refractivity (Wildman–Crippen MR) is 86.3 cm³/mol. The summed E-state index contributed by atoms with van der Waals surface area (Å²) in [7, 11) is 2.12. The summed E-state index contributed by atoms with van der Waals surface area (Å²) < 4.78 is 5.13. The molecular weight excluding hydrogens is 290 g/mol. The molecule has 1 N–H and O–H groups in total. The maximum absolute atomic E-state index is 11.9. The second kappa shape index (κ2) is 7.64. The number of ether oxygens (including phenoxy) is 1. The van der Waals surface area contributed by atoms with Gasteiger partial charge in [-0.25, -0.2) is 0 Å². The zero-order valence-electron chi connectivity index (χ0n) is 12.6. The summed E-state index contributed by atoms with van der Waals surface area (Å²) in [6.07, 6.45) is 0. The van der Waals surface area contributed by atoms with Crippen LogP contribution in [0.15, 0.2) is 18.2 Å². The van der Waals surface area contributed by atoms with Crippen molar-refractivity contribution in [3.05, 3.63) is 23.2 Å². The normalized spacial score (nSPS) is 16.0. The number of benzene rings is 1. The van der Waals surface area contributed by atoms with Crippen LogP contribution < -0.4 is 10.2 Å². The van der Waals surface area contributed by atoms with Crippen LogP contribution in [0.4, 0.5) is 11.4 Å². The average Bonchev–Trinajstić information content (AvgIpc) is 2.46. The van der Waals surface area contributed by atoms with E-state index in [4.69, 9.17) is 16.3 Å². The second-order valence-electron chi connectivity index (χ2n) is 5.14. The van der Waals surface area contributed by atoms with Gasteiger partial charge in [0, 0.05) is 37.8 Å². The minimum Gasteiger partial charge on any atom is -0.372 e. The monoisotopic (exact) mass is 311 g/mol. The van der Waals surface area contributed by atoms with Crippen molar-refractivity contribution in [2.45, 2.75) is 6.92 Å². The Morgan fingerprint density at radius 3 is 2.71 bits per heavy atom. The van der Waals surface area contributed by atoms with Crippen molar-refractivity contribution >= 4 is 28.9 Å². The second-order valence-corrected chi connectivity index (χ2v) is 5.57. The molecule has 21 heavy (non-hydrogen) atoms. The summed E-state index contributed by atoms with van der Waals surface area (Å²) in [5.74, 6) is -0.158. The number of hydrogen-bond donors (Lipinski definition) is 1. The third-order valence-electron chi connectivity index (χ3n) is 3.51. The molecule has 0 aromatic heterocycles. The fourth-order valence-corrected chi connectivity index (χ4v) is 2.48. The molecule has 0 bridgehead atoms. The lowest BCUT2D eigenvalue weighted by atomic mass is 10.2. The molecule has 1 aromatic rings. The lowest BCUT2D eigenvalue weighted by Gasteiger charge is -2.35. The molecule has 1 aliphatic heterocycles. The van der Waals surface area contributed by atoms with Gasteiger partial charge in [-0.1, -0.05) is 11.6 Å². The number of hydrogen-bond acceptors (Lipinski definition) is 4. The number of nitrogens with zero attached hydrogens (tertiary/aromatic N) is 2. The predicted octanol–water partition coefficient (Wildman–Crippen LogP) is 2.07. The SMILES string of the molecule is CCOCC(=O)Nc1cc(Cl)ccc1N1CCN(C)CC1. The van der Waals surface area contributed by atoms with E-state index in [-0.39, 0.29) is 12.5 Å². The first kappa shape index (κ1) is 16.1. The van der Waals surface area contributed by atoms with Gasteiger partial charge in [0.25, 0.3) is 0 Å². The summed E-state index contributed by atoms with van der Waals surface area (Å²) in [6, 6.07) is 5.61. The Balaban J connectivity index is 2.11. The van der Waals surface area contributed by atoms with Crippen molar-refractivity contribution in [1.29, 1.82) is 0 Å². The Kier molecular flexibility index (Phi) is 5.85. The smallest absolute Gasteiger partial charge is 0.250 e. The quantitative estimate of drug-likeness (QED) is 0.904. The average molecular weight is 312 g/mol. The highest BCUT2D eigenvalue weighted by Gasteiger charge is 2.18. The molecule has 0 unspecified atom stereocenters. The number of likely N-dealkylation sites (N-methyl/N-ethyl adjacent to an activating group) is 1. The van der Waals surface area contributed by atoms with Crippen LogP contribution >= 0.6 is 11.6 Å². The highest BCUT2D eigenvalue weighted by Crippen LogP contribution is 2.29. The van der Waals surface area contributed by atoms with E-state index in [9.17, 15) is 4.79 Å². The molecule has 0 radical (unpaired) electrons. The van der Waals surface area contributed by atoms with E-state index in [1.54, 1.807) is 6.07 Å². The van der Waals surface area contributed by atoms with E-state index in [1.807, 2.05) is 19.1 Å². The summed E-state index contributed by atoms with van der Waals surface area (Å²) in [5.41, 5.74) is 1.76. The van der Waals surface area contributed by atoms with Crippen LogP contribution in [-0.4, -0.2) is 57.2 Å². The van der Waals surface area contributed by atoms with Gasteiger partial charge >= 0.3 is 0 Å². The number of carbonyl (C=O) groups excluding carboxylic acids is 1. The van der Waals surface area contributed by atoms with Crippen molar-refractivity contribution in [1.82, 2.24) is 4.90 Å². The molecule has 1 amide bonds. The summed E-state index contributed by atoms with van der Waals surface area (Å²) in [4.78, 5) is 16.4. The molecule has 5 nitrogen and oxygen atoms in total. The van der Waals surface area contributed by atoms with Crippen LogP contribution in [0.1, 0.15) is 6.92 Å². The molecule has 116 valence electrons.